The van der Waals surface area contributed by atoms with Crippen LogP contribution in [0.4, 0.5) is 10.5 Å². The summed E-state index contributed by atoms with van der Waals surface area (Å²) in [6.45, 7) is 6.67. The largest absolute Gasteiger partial charge is 0.482 e. The summed E-state index contributed by atoms with van der Waals surface area (Å²) in [7, 11) is 0. The van der Waals surface area contributed by atoms with Gasteiger partial charge in [0.2, 0.25) is 0 Å². The van der Waals surface area contributed by atoms with E-state index < -0.39 is 29.6 Å². The van der Waals surface area contributed by atoms with Gasteiger partial charge in [-0.3, -0.25) is 19.7 Å². The van der Waals surface area contributed by atoms with Gasteiger partial charge in [-0.15, -0.1) is 0 Å². The van der Waals surface area contributed by atoms with E-state index in [0.29, 0.717) is 11.4 Å². The monoisotopic (exact) mass is 391 g/mol. The second-order valence-corrected chi connectivity index (χ2v) is 7.38. The molecule has 0 aliphatic carbocycles. The average molecular weight is 391 g/mol. The number of para-hydroxylation sites is 2. The van der Waals surface area contributed by atoms with E-state index in [0.717, 1.165) is 0 Å². The van der Waals surface area contributed by atoms with Crippen LogP contribution in [0.3, 0.4) is 0 Å². The zero-order chi connectivity index (χ0) is 20.9. The van der Waals surface area contributed by atoms with Crippen molar-refractivity contribution in [3.63, 3.8) is 0 Å². The van der Waals surface area contributed by atoms with Gasteiger partial charge in [0.05, 0.1) is 12.1 Å². The summed E-state index contributed by atoms with van der Waals surface area (Å²) in [5, 5.41) is 4.69. The smallest absolute Gasteiger partial charge is 0.321 e. The van der Waals surface area contributed by atoms with Crippen LogP contribution in [0.2, 0.25) is 0 Å². The number of esters is 1. The predicted molar refractivity (Wildman–Crippen MR) is 101 cm³/mol. The molecule has 1 aromatic rings. The third-order valence-corrected chi connectivity index (χ3v) is 3.75. The van der Waals surface area contributed by atoms with Crippen molar-refractivity contribution in [3.05, 3.63) is 24.3 Å². The number of hydrogen-bond donors (Lipinski definition) is 2. The van der Waals surface area contributed by atoms with Crippen molar-refractivity contribution in [2.75, 3.05) is 18.1 Å². The van der Waals surface area contributed by atoms with Crippen molar-refractivity contribution in [3.8, 4) is 5.75 Å². The number of benzene rings is 1. The second-order valence-electron chi connectivity index (χ2n) is 7.38. The highest BCUT2D eigenvalue weighted by atomic mass is 16.5. The quantitative estimate of drug-likeness (QED) is 0.733. The van der Waals surface area contributed by atoms with Crippen LogP contribution >= 0.6 is 0 Å². The van der Waals surface area contributed by atoms with Crippen molar-refractivity contribution < 1.29 is 28.7 Å². The lowest BCUT2D eigenvalue weighted by Crippen LogP contribution is -2.50. The number of anilines is 1. The summed E-state index contributed by atoms with van der Waals surface area (Å²) in [5.41, 5.74) is 0.0711. The molecule has 0 spiro atoms. The number of rotatable bonds is 5. The maximum absolute atomic E-state index is 12.1. The van der Waals surface area contributed by atoms with Crippen molar-refractivity contribution >= 4 is 29.5 Å². The van der Waals surface area contributed by atoms with E-state index in [9.17, 15) is 19.2 Å². The Bertz CT molecular complexity index is 771. The zero-order valence-electron chi connectivity index (χ0n) is 16.4. The van der Waals surface area contributed by atoms with Gasteiger partial charge in [0, 0.05) is 12.1 Å². The van der Waals surface area contributed by atoms with Crippen LogP contribution in [0.5, 0.6) is 5.75 Å². The minimum Gasteiger partial charge on any atom is -0.482 e. The topological polar surface area (TPSA) is 114 Å². The lowest BCUT2D eigenvalue weighted by Gasteiger charge is -2.29. The number of nitrogens with zero attached hydrogens (tertiary/aromatic N) is 1. The summed E-state index contributed by atoms with van der Waals surface area (Å²) in [5.74, 6) is -1.09. The fourth-order valence-electron chi connectivity index (χ4n) is 2.50. The summed E-state index contributed by atoms with van der Waals surface area (Å²) < 4.78 is 10.4. The maximum atomic E-state index is 12.1. The number of carbonyl (C=O) groups excluding carboxylic acids is 4. The molecule has 1 aromatic carbocycles. The van der Waals surface area contributed by atoms with Crippen molar-refractivity contribution in [2.24, 2.45) is 0 Å². The predicted octanol–water partition coefficient (Wildman–Crippen LogP) is 1.36. The van der Waals surface area contributed by atoms with Gasteiger partial charge in [0.1, 0.15) is 5.75 Å². The van der Waals surface area contributed by atoms with Crippen molar-refractivity contribution in [2.45, 2.75) is 45.8 Å². The fraction of sp³-hybridized carbons (Fsp3) is 0.474. The molecule has 1 heterocycles. The van der Waals surface area contributed by atoms with E-state index in [2.05, 4.69) is 10.6 Å². The number of ether oxygens (including phenoxy) is 2. The van der Waals surface area contributed by atoms with Crippen molar-refractivity contribution in [1.29, 1.82) is 0 Å². The molecule has 2 N–H and O–H groups in total. The molecule has 4 amide bonds. The van der Waals surface area contributed by atoms with E-state index in [1.54, 1.807) is 45.0 Å². The lowest BCUT2D eigenvalue weighted by atomic mass is 10.1. The molecule has 0 unspecified atom stereocenters. The maximum Gasteiger partial charge on any atom is 0.321 e. The van der Waals surface area contributed by atoms with Crippen molar-refractivity contribution in [1.82, 2.24) is 10.6 Å². The number of imide groups is 1. The van der Waals surface area contributed by atoms with E-state index in [4.69, 9.17) is 9.47 Å². The Balaban J connectivity index is 1.84. The Morgan fingerprint density at radius 1 is 1.25 bits per heavy atom. The number of fused-ring (bicyclic) bond motifs is 1. The number of hydrogen-bond acceptors (Lipinski definition) is 6. The average Bonchev–Trinajstić information content (AvgIpc) is 2.59. The molecule has 1 atom stereocenters. The number of nitrogens with one attached hydrogen (secondary N) is 2. The Morgan fingerprint density at radius 2 is 1.93 bits per heavy atom. The summed E-state index contributed by atoms with van der Waals surface area (Å²) in [6, 6.07) is 6.35. The first-order chi connectivity index (χ1) is 13.1. The highest BCUT2D eigenvalue weighted by Crippen LogP contribution is 2.31. The van der Waals surface area contributed by atoms with Crippen LogP contribution in [0, 0.1) is 0 Å². The highest BCUT2D eigenvalue weighted by Gasteiger charge is 2.27. The van der Waals surface area contributed by atoms with Gasteiger partial charge in [-0.05, 0) is 39.8 Å². The molecule has 28 heavy (non-hydrogen) atoms. The molecule has 0 saturated carbocycles. The minimum atomic E-state index is -1.15. The number of urea groups is 1. The van der Waals surface area contributed by atoms with Gasteiger partial charge in [-0.25, -0.2) is 4.79 Å². The summed E-state index contributed by atoms with van der Waals surface area (Å²) >= 11 is 0. The summed E-state index contributed by atoms with van der Waals surface area (Å²) in [6.07, 6.45) is -1.25. The zero-order valence-corrected chi connectivity index (χ0v) is 16.4. The van der Waals surface area contributed by atoms with Gasteiger partial charge < -0.3 is 19.7 Å². The molecule has 0 fully saturated rings. The van der Waals surface area contributed by atoms with E-state index in [1.165, 1.54) is 11.8 Å². The van der Waals surface area contributed by atoms with Gasteiger partial charge in [0.25, 0.3) is 11.8 Å². The van der Waals surface area contributed by atoms with Gasteiger partial charge in [-0.2, -0.15) is 0 Å². The number of amides is 4. The molecule has 9 nitrogen and oxygen atoms in total. The fourth-order valence-corrected chi connectivity index (χ4v) is 2.50. The molecule has 1 aliphatic heterocycles. The Labute approximate surface area is 163 Å². The number of carbonyl (C=O) groups is 4. The SMILES string of the molecule is C[C@H](OC(=O)CCN1C(=O)COc2ccccc21)C(=O)NC(=O)NC(C)(C)C. The molecule has 2 rings (SSSR count). The second kappa shape index (κ2) is 8.73. The molecule has 0 aromatic heterocycles. The first-order valence-electron chi connectivity index (χ1n) is 8.91. The van der Waals surface area contributed by atoms with Gasteiger partial charge in [0.15, 0.2) is 12.7 Å². The molecule has 1 aliphatic rings. The van der Waals surface area contributed by atoms with Crippen LogP contribution in [0.1, 0.15) is 34.1 Å². The molecular formula is C19H25N3O6. The van der Waals surface area contributed by atoms with Crippen LogP contribution in [-0.4, -0.2) is 48.6 Å². The first-order valence-corrected chi connectivity index (χ1v) is 8.91. The van der Waals surface area contributed by atoms with Crippen LogP contribution in [-0.2, 0) is 19.1 Å². The van der Waals surface area contributed by atoms with E-state index >= 15 is 0 Å². The molecule has 0 bridgehead atoms. The van der Waals surface area contributed by atoms with E-state index in [1.807, 2.05) is 0 Å². The molecule has 152 valence electrons. The molecule has 9 heteroatoms. The Hall–Kier alpha value is -3.10. The Morgan fingerprint density at radius 3 is 2.61 bits per heavy atom. The summed E-state index contributed by atoms with van der Waals surface area (Å²) in [4.78, 5) is 49.3. The van der Waals surface area contributed by atoms with E-state index in [-0.39, 0.29) is 25.5 Å². The van der Waals surface area contributed by atoms with Gasteiger partial charge in [-0.1, -0.05) is 12.1 Å². The minimum absolute atomic E-state index is 0.0941. The first kappa shape index (κ1) is 21.2. The van der Waals surface area contributed by atoms with Crippen LogP contribution < -0.4 is 20.3 Å². The Kier molecular flexibility index (Phi) is 6.61. The molecule has 0 saturated heterocycles. The standard InChI is InChI=1S/C19H25N3O6/c1-12(17(25)20-18(26)21-19(2,3)4)28-16(24)9-10-22-13-7-5-6-8-14(13)27-11-15(22)23/h5-8,12H,9-11H2,1-4H3,(H2,20,21,25,26)/t12-/m0/s1. The lowest BCUT2D eigenvalue weighted by molar-refractivity contribution is -0.154. The molecular weight excluding hydrogens is 366 g/mol. The third-order valence-electron chi connectivity index (χ3n) is 3.75. The normalized spacial score (nSPS) is 14.4. The van der Waals surface area contributed by atoms with Crippen LogP contribution in [0.15, 0.2) is 24.3 Å². The third kappa shape index (κ3) is 5.97. The highest BCUT2D eigenvalue weighted by molar-refractivity contribution is 5.99. The molecule has 0 radical (unpaired) electrons. The van der Waals surface area contributed by atoms with Gasteiger partial charge >= 0.3 is 12.0 Å². The van der Waals surface area contributed by atoms with Crippen LogP contribution in [0.25, 0.3) is 0 Å².